The van der Waals surface area contributed by atoms with Crippen LogP contribution in [0.4, 0.5) is 0 Å². The fraction of sp³-hybridized carbons (Fsp3) is 0. The molecule has 0 atom stereocenters. The van der Waals surface area contributed by atoms with Crippen LogP contribution in [0.25, 0.3) is 121 Å². The molecule has 248 valence electrons. The fourth-order valence-corrected chi connectivity index (χ4v) is 9.53. The lowest BCUT2D eigenvalue weighted by molar-refractivity contribution is 1.62. The average molecular weight is 681 g/mol. The van der Waals surface area contributed by atoms with E-state index >= 15 is 0 Å². The van der Waals surface area contributed by atoms with Gasteiger partial charge in [-0.05, 0) is 157 Å². The van der Waals surface area contributed by atoms with Gasteiger partial charge in [0, 0.05) is 0 Å². The van der Waals surface area contributed by atoms with Crippen molar-refractivity contribution < 1.29 is 0 Å². The summed E-state index contributed by atoms with van der Waals surface area (Å²) >= 11 is 0. The van der Waals surface area contributed by atoms with Gasteiger partial charge in [0.25, 0.3) is 0 Å². The topological polar surface area (TPSA) is 0 Å². The molecule has 1 aliphatic rings. The molecule has 0 unspecified atom stereocenters. The zero-order valence-electron chi connectivity index (χ0n) is 29.5. The molecule has 11 aromatic rings. The predicted molar refractivity (Wildman–Crippen MR) is 231 cm³/mol. The maximum absolute atomic E-state index is 2.51. The van der Waals surface area contributed by atoms with E-state index in [9.17, 15) is 0 Å². The van der Waals surface area contributed by atoms with E-state index in [2.05, 4.69) is 194 Å². The molecule has 0 N–H and O–H groups in total. The molecule has 0 heterocycles. The Kier molecular flexibility index (Phi) is 6.15. The molecule has 0 nitrogen and oxygen atoms in total. The Labute approximate surface area is 313 Å². The highest BCUT2D eigenvalue weighted by atomic mass is 14.3. The van der Waals surface area contributed by atoms with Gasteiger partial charge in [-0.2, -0.15) is 0 Å². The molecule has 0 saturated carbocycles. The van der Waals surface area contributed by atoms with E-state index in [0.29, 0.717) is 0 Å². The zero-order valence-corrected chi connectivity index (χ0v) is 29.5. The number of benzene rings is 11. The van der Waals surface area contributed by atoms with Crippen molar-refractivity contribution in [2.24, 2.45) is 0 Å². The number of hydrogen-bond donors (Lipinski definition) is 0. The van der Waals surface area contributed by atoms with Crippen molar-refractivity contribution in [1.29, 1.82) is 0 Å². The van der Waals surface area contributed by atoms with Crippen molar-refractivity contribution >= 4 is 53.9 Å². The van der Waals surface area contributed by atoms with E-state index in [1.54, 1.807) is 0 Å². The van der Waals surface area contributed by atoms with Crippen molar-refractivity contribution in [1.82, 2.24) is 0 Å². The molecular weight excluding hydrogens is 649 g/mol. The van der Waals surface area contributed by atoms with Gasteiger partial charge >= 0.3 is 0 Å². The number of hydrogen-bond acceptors (Lipinski definition) is 0. The summed E-state index contributed by atoms with van der Waals surface area (Å²) in [4.78, 5) is 0. The Bertz CT molecular complexity index is 3270. The Morgan fingerprint density at radius 1 is 0.204 bits per heavy atom. The number of rotatable bonds is 4. The minimum absolute atomic E-state index is 1.23. The van der Waals surface area contributed by atoms with Crippen molar-refractivity contribution in [3.63, 3.8) is 0 Å². The minimum atomic E-state index is 1.23. The maximum Gasteiger partial charge on any atom is -0.000719 e. The molecule has 0 heteroatoms. The molecule has 0 bridgehead atoms. The molecule has 12 rings (SSSR count). The molecule has 0 fully saturated rings. The smallest absolute Gasteiger partial charge is 0.000719 e. The summed E-state index contributed by atoms with van der Waals surface area (Å²) < 4.78 is 0. The first-order valence-electron chi connectivity index (χ1n) is 18.8. The zero-order chi connectivity index (χ0) is 35.3. The van der Waals surface area contributed by atoms with Crippen molar-refractivity contribution in [2.75, 3.05) is 0 Å². The van der Waals surface area contributed by atoms with Crippen LogP contribution >= 0.6 is 0 Å². The molecule has 0 spiro atoms. The highest BCUT2D eigenvalue weighted by molar-refractivity contribution is 6.36. The summed E-state index contributed by atoms with van der Waals surface area (Å²) in [6, 6.07) is 72.3. The monoisotopic (exact) mass is 680 g/mol. The maximum atomic E-state index is 2.51. The van der Waals surface area contributed by atoms with E-state index in [0.717, 1.165) is 0 Å². The first kappa shape index (κ1) is 29.5. The second-order valence-corrected chi connectivity index (χ2v) is 14.8. The van der Waals surface area contributed by atoms with Gasteiger partial charge in [-0.3, -0.25) is 0 Å². The Balaban J connectivity index is 1.27. The Morgan fingerprint density at radius 3 is 1.33 bits per heavy atom. The van der Waals surface area contributed by atoms with Crippen LogP contribution in [0.2, 0.25) is 0 Å². The molecule has 0 aliphatic heterocycles. The van der Waals surface area contributed by atoms with E-state index in [1.807, 2.05) is 0 Å². The van der Waals surface area contributed by atoms with Crippen LogP contribution in [0.5, 0.6) is 0 Å². The second-order valence-electron chi connectivity index (χ2n) is 14.8. The molecule has 0 aromatic heterocycles. The largest absolute Gasteiger partial charge is 0.0622 e. The van der Waals surface area contributed by atoms with Gasteiger partial charge in [0.2, 0.25) is 0 Å². The van der Waals surface area contributed by atoms with Crippen molar-refractivity contribution in [2.45, 2.75) is 0 Å². The molecule has 1 aliphatic carbocycles. The van der Waals surface area contributed by atoms with E-state index in [-0.39, 0.29) is 0 Å². The average Bonchev–Trinajstić information content (AvgIpc) is 3.56. The summed E-state index contributed by atoms with van der Waals surface area (Å²) in [5.41, 5.74) is 15.4. The normalized spacial score (nSPS) is 12.1. The Morgan fingerprint density at radius 2 is 0.685 bits per heavy atom. The van der Waals surface area contributed by atoms with Crippen LogP contribution in [0.3, 0.4) is 0 Å². The summed E-state index contributed by atoms with van der Waals surface area (Å²) in [5.74, 6) is 0. The third kappa shape index (κ3) is 4.20. The van der Waals surface area contributed by atoms with Crippen LogP contribution in [-0.2, 0) is 0 Å². The standard InChI is InChI=1S/C54H32/c1-5-13-33(14-6-1)38-22-23-39-30-45-46(31-42(39)27-38)49(35-17-9-3-10-18-35)53-44-26-25-37-21-24-40-28-41(34-15-7-2-8-16-34)29-43-32-47(52(44)51(37)48(40)43)54(53)50(45)36-19-11-4-12-20-36/h1-32H. The van der Waals surface area contributed by atoms with Gasteiger partial charge in [0.15, 0.2) is 0 Å². The molecule has 0 saturated heterocycles. The fourth-order valence-electron chi connectivity index (χ4n) is 9.53. The summed E-state index contributed by atoms with van der Waals surface area (Å²) in [7, 11) is 0. The van der Waals surface area contributed by atoms with Crippen LogP contribution < -0.4 is 0 Å². The lowest BCUT2D eigenvalue weighted by atomic mass is 9.81. The quantitative estimate of drug-likeness (QED) is 0.128. The Hall–Kier alpha value is -7.02. The first-order valence-corrected chi connectivity index (χ1v) is 18.8. The third-order valence-electron chi connectivity index (χ3n) is 11.8. The van der Waals surface area contributed by atoms with Crippen LogP contribution in [-0.4, -0.2) is 0 Å². The van der Waals surface area contributed by atoms with Crippen LogP contribution in [0.1, 0.15) is 0 Å². The molecule has 54 heavy (non-hydrogen) atoms. The lowest BCUT2D eigenvalue weighted by Gasteiger charge is -2.21. The number of fused-ring (bicyclic) bond motifs is 5. The van der Waals surface area contributed by atoms with Crippen molar-refractivity contribution in [3.05, 3.63) is 194 Å². The van der Waals surface area contributed by atoms with E-state index in [4.69, 9.17) is 0 Å². The second kappa shape index (κ2) is 11.2. The van der Waals surface area contributed by atoms with Gasteiger partial charge in [0.05, 0.1) is 0 Å². The van der Waals surface area contributed by atoms with E-state index < -0.39 is 0 Å². The third-order valence-corrected chi connectivity index (χ3v) is 11.8. The minimum Gasteiger partial charge on any atom is -0.0622 e. The molecular formula is C54H32. The van der Waals surface area contributed by atoms with Crippen molar-refractivity contribution in [3.8, 4) is 66.8 Å². The van der Waals surface area contributed by atoms with E-state index in [1.165, 1.54) is 121 Å². The molecule has 11 aromatic carbocycles. The van der Waals surface area contributed by atoms with Gasteiger partial charge in [-0.1, -0.05) is 158 Å². The van der Waals surface area contributed by atoms with Gasteiger partial charge < -0.3 is 0 Å². The summed E-state index contributed by atoms with van der Waals surface area (Å²) in [6.07, 6.45) is 0. The highest BCUT2D eigenvalue weighted by Gasteiger charge is 2.32. The van der Waals surface area contributed by atoms with Gasteiger partial charge in [-0.25, -0.2) is 0 Å². The lowest BCUT2D eigenvalue weighted by Crippen LogP contribution is -1.94. The summed E-state index contributed by atoms with van der Waals surface area (Å²) in [5, 5.41) is 13.0. The molecule has 0 radical (unpaired) electrons. The first-order chi connectivity index (χ1) is 26.8. The van der Waals surface area contributed by atoms with Gasteiger partial charge in [0.1, 0.15) is 0 Å². The predicted octanol–water partition coefficient (Wildman–Crippen LogP) is 15.2. The molecule has 0 amide bonds. The SMILES string of the molecule is c1ccc(-c2ccc3cc4c(-c5ccccc5)c5c(c(-c6ccccc6)c4cc3c2)-c2ccc3ccc4cc(-c6ccccc6)cc6cc-5c2c3c46)cc1. The van der Waals surface area contributed by atoms with Crippen LogP contribution in [0.15, 0.2) is 194 Å². The van der Waals surface area contributed by atoms with Crippen LogP contribution in [0, 0.1) is 0 Å². The summed E-state index contributed by atoms with van der Waals surface area (Å²) in [6.45, 7) is 0. The van der Waals surface area contributed by atoms with Gasteiger partial charge in [-0.15, -0.1) is 0 Å². The highest BCUT2D eigenvalue weighted by Crippen LogP contribution is 2.60.